The summed E-state index contributed by atoms with van der Waals surface area (Å²) in [6, 6.07) is 2.30. The second-order valence-electron chi connectivity index (χ2n) is 3.33. The molecule has 0 spiro atoms. The Bertz CT molecular complexity index is 306. The minimum atomic E-state index is 0.930. The molecule has 1 aliphatic rings. The third kappa shape index (κ3) is 1.28. The van der Waals surface area contributed by atoms with Gasteiger partial charge in [0.05, 0.1) is 0 Å². The predicted molar refractivity (Wildman–Crippen MR) is 53.6 cm³/mol. The second-order valence-corrected chi connectivity index (χ2v) is 3.89. The van der Waals surface area contributed by atoms with Crippen molar-refractivity contribution in [1.29, 1.82) is 0 Å². The quantitative estimate of drug-likeness (QED) is 0.671. The SMILES string of the molecule is Cc1nc2c(cc1CBr)CCC2. The molecule has 1 aromatic heterocycles. The number of alkyl halides is 1. The number of rotatable bonds is 1. The van der Waals surface area contributed by atoms with Gasteiger partial charge in [0.1, 0.15) is 0 Å². The lowest BCUT2D eigenvalue weighted by molar-refractivity contribution is 0.896. The molecule has 0 aromatic carbocycles. The molecule has 1 heterocycles. The van der Waals surface area contributed by atoms with Crippen molar-refractivity contribution in [2.45, 2.75) is 31.5 Å². The predicted octanol–water partition coefficient (Wildman–Crippen LogP) is 2.77. The summed E-state index contributed by atoms with van der Waals surface area (Å²) in [7, 11) is 0. The summed E-state index contributed by atoms with van der Waals surface area (Å²) in [6.45, 7) is 2.09. The summed E-state index contributed by atoms with van der Waals surface area (Å²) in [6.07, 6.45) is 3.69. The van der Waals surface area contributed by atoms with E-state index in [0.29, 0.717) is 0 Å². The highest BCUT2D eigenvalue weighted by molar-refractivity contribution is 9.08. The van der Waals surface area contributed by atoms with Crippen LogP contribution in [0, 0.1) is 6.92 Å². The van der Waals surface area contributed by atoms with E-state index in [9.17, 15) is 0 Å². The molecular weight excluding hydrogens is 214 g/mol. The minimum absolute atomic E-state index is 0.930. The number of hydrogen-bond acceptors (Lipinski definition) is 1. The Morgan fingerprint density at radius 3 is 3.08 bits per heavy atom. The molecule has 1 aliphatic carbocycles. The molecule has 0 saturated carbocycles. The summed E-state index contributed by atoms with van der Waals surface area (Å²) < 4.78 is 0. The fourth-order valence-corrected chi connectivity index (χ4v) is 2.33. The first kappa shape index (κ1) is 8.24. The van der Waals surface area contributed by atoms with Gasteiger partial charge >= 0.3 is 0 Å². The van der Waals surface area contributed by atoms with Gasteiger partial charge in [0.25, 0.3) is 0 Å². The molecule has 0 amide bonds. The lowest BCUT2D eigenvalue weighted by Crippen LogP contribution is -1.95. The largest absolute Gasteiger partial charge is 0.258 e. The zero-order valence-electron chi connectivity index (χ0n) is 7.23. The van der Waals surface area contributed by atoms with Crippen molar-refractivity contribution >= 4 is 15.9 Å². The van der Waals surface area contributed by atoms with Crippen molar-refractivity contribution in [3.8, 4) is 0 Å². The Labute approximate surface area is 81.3 Å². The topological polar surface area (TPSA) is 12.9 Å². The number of aromatic nitrogens is 1. The molecule has 0 atom stereocenters. The van der Waals surface area contributed by atoms with Gasteiger partial charge < -0.3 is 0 Å². The highest BCUT2D eigenvalue weighted by Crippen LogP contribution is 2.23. The summed E-state index contributed by atoms with van der Waals surface area (Å²) in [5, 5.41) is 0.930. The van der Waals surface area contributed by atoms with Gasteiger partial charge in [0.15, 0.2) is 0 Å². The molecule has 0 unspecified atom stereocenters. The van der Waals surface area contributed by atoms with Crippen LogP contribution in [0.3, 0.4) is 0 Å². The zero-order chi connectivity index (χ0) is 8.55. The second kappa shape index (κ2) is 3.17. The van der Waals surface area contributed by atoms with Gasteiger partial charge in [-0.05, 0) is 37.3 Å². The van der Waals surface area contributed by atoms with Crippen LogP contribution in [-0.4, -0.2) is 4.98 Å². The average Bonchev–Trinajstić information content (AvgIpc) is 2.49. The smallest absolute Gasteiger partial charge is 0.0439 e. The normalized spacial score (nSPS) is 14.8. The van der Waals surface area contributed by atoms with E-state index in [4.69, 9.17) is 0 Å². The molecular formula is C10H12BrN. The molecule has 64 valence electrons. The third-order valence-corrected chi connectivity index (χ3v) is 3.09. The van der Waals surface area contributed by atoms with Crippen LogP contribution in [0.4, 0.5) is 0 Å². The molecule has 2 heteroatoms. The molecule has 2 rings (SSSR count). The summed E-state index contributed by atoms with van der Waals surface area (Å²) in [4.78, 5) is 4.59. The average molecular weight is 226 g/mol. The van der Waals surface area contributed by atoms with E-state index in [2.05, 4.69) is 33.9 Å². The van der Waals surface area contributed by atoms with Gasteiger partial charge in [-0.25, -0.2) is 0 Å². The molecule has 0 fully saturated rings. The lowest BCUT2D eigenvalue weighted by Gasteiger charge is -2.04. The fraction of sp³-hybridized carbons (Fsp3) is 0.500. The highest BCUT2D eigenvalue weighted by atomic mass is 79.9. The van der Waals surface area contributed by atoms with Gasteiger partial charge in [0.2, 0.25) is 0 Å². The number of aryl methyl sites for hydroxylation is 3. The van der Waals surface area contributed by atoms with E-state index in [1.165, 1.54) is 41.8 Å². The van der Waals surface area contributed by atoms with Crippen LogP contribution in [-0.2, 0) is 18.2 Å². The molecule has 0 aliphatic heterocycles. The molecule has 0 radical (unpaired) electrons. The molecule has 0 bridgehead atoms. The Balaban J connectivity index is 2.49. The van der Waals surface area contributed by atoms with Gasteiger partial charge in [-0.3, -0.25) is 4.98 Å². The van der Waals surface area contributed by atoms with Crippen LogP contribution in [0.15, 0.2) is 6.07 Å². The van der Waals surface area contributed by atoms with Crippen molar-refractivity contribution < 1.29 is 0 Å². The van der Waals surface area contributed by atoms with Gasteiger partial charge in [-0.1, -0.05) is 22.0 Å². The van der Waals surface area contributed by atoms with Crippen LogP contribution in [0.5, 0.6) is 0 Å². The van der Waals surface area contributed by atoms with Crippen molar-refractivity contribution in [3.63, 3.8) is 0 Å². The van der Waals surface area contributed by atoms with E-state index in [0.717, 1.165) is 5.33 Å². The highest BCUT2D eigenvalue weighted by Gasteiger charge is 2.13. The fourth-order valence-electron chi connectivity index (χ4n) is 1.76. The van der Waals surface area contributed by atoms with E-state index in [-0.39, 0.29) is 0 Å². The summed E-state index contributed by atoms with van der Waals surface area (Å²) >= 11 is 3.48. The van der Waals surface area contributed by atoms with Crippen molar-refractivity contribution in [1.82, 2.24) is 4.98 Å². The van der Waals surface area contributed by atoms with Gasteiger partial charge in [-0.15, -0.1) is 0 Å². The monoisotopic (exact) mass is 225 g/mol. The van der Waals surface area contributed by atoms with Crippen LogP contribution in [0.25, 0.3) is 0 Å². The third-order valence-electron chi connectivity index (χ3n) is 2.49. The number of halogens is 1. The van der Waals surface area contributed by atoms with E-state index >= 15 is 0 Å². The molecule has 0 saturated heterocycles. The van der Waals surface area contributed by atoms with Crippen molar-refractivity contribution in [2.75, 3.05) is 0 Å². The van der Waals surface area contributed by atoms with Gasteiger partial charge in [-0.2, -0.15) is 0 Å². The number of pyridine rings is 1. The zero-order valence-corrected chi connectivity index (χ0v) is 8.82. The van der Waals surface area contributed by atoms with Crippen LogP contribution in [0.1, 0.15) is 28.9 Å². The molecule has 1 aromatic rings. The Kier molecular flexibility index (Phi) is 2.18. The van der Waals surface area contributed by atoms with E-state index in [1.54, 1.807) is 0 Å². The molecule has 1 nitrogen and oxygen atoms in total. The van der Waals surface area contributed by atoms with Crippen LogP contribution in [0.2, 0.25) is 0 Å². The number of hydrogen-bond donors (Lipinski definition) is 0. The molecule has 0 N–H and O–H groups in total. The van der Waals surface area contributed by atoms with Crippen LogP contribution >= 0.6 is 15.9 Å². The number of nitrogens with zero attached hydrogens (tertiary/aromatic N) is 1. The first-order chi connectivity index (χ1) is 5.81. The first-order valence-electron chi connectivity index (χ1n) is 4.35. The Hall–Kier alpha value is -0.370. The van der Waals surface area contributed by atoms with Crippen molar-refractivity contribution in [2.24, 2.45) is 0 Å². The Morgan fingerprint density at radius 1 is 1.50 bits per heavy atom. The lowest BCUT2D eigenvalue weighted by atomic mass is 10.1. The standard InChI is InChI=1S/C10H12BrN/c1-7-9(6-11)5-8-3-2-4-10(8)12-7/h5H,2-4,6H2,1H3. The first-order valence-corrected chi connectivity index (χ1v) is 5.47. The number of fused-ring (bicyclic) bond motifs is 1. The van der Waals surface area contributed by atoms with E-state index in [1.807, 2.05) is 0 Å². The summed E-state index contributed by atoms with van der Waals surface area (Å²) in [5.41, 5.74) is 5.33. The van der Waals surface area contributed by atoms with Gasteiger partial charge in [0, 0.05) is 16.7 Å². The minimum Gasteiger partial charge on any atom is -0.258 e. The van der Waals surface area contributed by atoms with E-state index < -0.39 is 0 Å². The maximum absolute atomic E-state index is 4.59. The maximum Gasteiger partial charge on any atom is 0.0439 e. The summed E-state index contributed by atoms with van der Waals surface area (Å²) in [5.74, 6) is 0. The molecule has 12 heavy (non-hydrogen) atoms. The van der Waals surface area contributed by atoms with Crippen molar-refractivity contribution in [3.05, 3.63) is 28.6 Å². The Morgan fingerprint density at radius 2 is 2.33 bits per heavy atom. The van der Waals surface area contributed by atoms with Crippen LogP contribution < -0.4 is 0 Å². The maximum atomic E-state index is 4.59.